The Labute approximate surface area is 158 Å². The van der Waals surface area contributed by atoms with Gasteiger partial charge in [-0.05, 0) is 24.8 Å². The Morgan fingerprint density at radius 1 is 1.29 bits per heavy atom. The van der Waals surface area contributed by atoms with Crippen molar-refractivity contribution in [2.45, 2.75) is 44.8 Å². The van der Waals surface area contributed by atoms with Crippen LogP contribution in [0.5, 0.6) is 5.75 Å². The monoisotopic (exact) mass is 403 g/mol. The topological polar surface area (TPSA) is 111 Å². The molecule has 0 aliphatic heterocycles. The van der Waals surface area contributed by atoms with Gasteiger partial charge in [0.25, 0.3) is 11.6 Å². The smallest absolute Gasteiger partial charge is 0.420 e. The van der Waals surface area contributed by atoms with E-state index < -0.39 is 46.6 Å². The van der Waals surface area contributed by atoms with Crippen molar-refractivity contribution in [1.29, 1.82) is 0 Å². The highest BCUT2D eigenvalue weighted by atomic mass is 19.4. The summed E-state index contributed by atoms with van der Waals surface area (Å²) in [5.74, 6) is -1.41. The van der Waals surface area contributed by atoms with Gasteiger partial charge in [-0.15, -0.1) is 0 Å². The van der Waals surface area contributed by atoms with Crippen molar-refractivity contribution < 1.29 is 32.4 Å². The van der Waals surface area contributed by atoms with Gasteiger partial charge >= 0.3 is 12.2 Å². The molecular formula is C17H20F3N3O5. The number of amides is 3. The van der Waals surface area contributed by atoms with E-state index in [0.717, 1.165) is 37.8 Å². The molecule has 1 aromatic rings. The summed E-state index contributed by atoms with van der Waals surface area (Å²) in [6.45, 7) is 1.14. The summed E-state index contributed by atoms with van der Waals surface area (Å²) in [7, 11) is 0. The second-order valence-corrected chi connectivity index (χ2v) is 6.61. The molecule has 1 aliphatic carbocycles. The Morgan fingerprint density at radius 2 is 1.96 bits per heavy atom. The zero-order valence-electron chi connectivity index (χ0n) is 15.0. The van der Waals surface area contributed by atoms with Gasteiger partial charge in [0.05, 0.1) is 4.92 Å². The zero-order chi connectivity index (χ0) is 20.9. The maximum absolute atomic E-state index is 13.1. The number of nitro groups is 1. The molecule has 2 unspecified atom stereocenters. The number of rotatable bonds is 5. The van der Waals surface area contributed by atoms with Crippen LogP contribution in [0.1, 0.15) is 38.2 Å². The van der Waals surface area contributed by atoms with Crippen LogP contribution >= 0.6 is 0 Å². The highest BCUT2D eigenvalue weighted by Gasteiger charge is 2.36. The van der Waals surface area contributed by atoms with E-state index >= 15 is 0 Å². The predicted octanol–water partition coefficient (Wildman–Crippen LogP) is 3.40. The first-order chi connectivity index (χ1) is 13.1. The lowest BCUT2D eigenvalue weighted by Gasteiger charge is -2.29. The number of hydrogen-bond donors (Lipinski definition) is 2. The van der Waals surface area contributed by atoms with E-state index in [4.69, 9.17) is 4.74 Å². The number of urea groups is 1. The van der Waals surface area contributed by atoms with Crippen molar-refractivity contribution >= 4 is 17.6 Å². The molecule has 1 aromatic carbocycles. The van der Waals surface area contributed by atoms with Crippen molar-refractivity contribution in [3.63, 3.8) is 0 Å². The molecule has 1 fully saturated rings. The number of imide groups is 1. The van der Waals surface area contributed by atoms with Crippen molar-refractivity contribution in [2.24, 2.45) is 5.92 Å². The van der Waals surface area contributed by atoms with Gasteiger partial charge in [0.15, 0.2) is 6.61 Å². The van der Waals surface area contributed by atoms with E-state index in [1.165, 1.54) is 0 Å². The maximum atomic E-state index is 13.1. The molecule has 0 aromatic heterocycles. The largest absolute Gasteiger partial charge is 0.483 e. The first kappa shape index (κ1) is 21.5. The minimum absolute atomic E-state index is 0.0750. The Hall–Kier alpha value is -2.85. The van der Waals surface area contributed by atoms with Crippen molar-refractivity contribution in [3.8, 4) is 5.75 Å². The van der Waals surface area contributed by atoms with Gasteiger partial charge in [-0.1, -0.05) is 19.8 Å². The average molecular weight is 403 g/mol. The molecule has 154 valence electrons. The Kier molecular flexibility index (Phi) is 6.81. The van der Waals surface area contributed by atoms with Gasteiger partial charge < -0.3 is 10.1 Å². The minimum atomic E-state index is -4.91. The molecule has 28 heavy (non-hydrogen) atoms. The number of nitro benzene ring substituents is 1. The fraction of sp³-hybridized carbons (Fsp3) is 0.529. The van der Waals surface area contributed by atoms with E-state index in [0.29, 0.717) is 6.07 Å². The van der Waals surface area contributed by atoms with Crippen LogP contribution in [0.3, 0.4) is 0 Å². The number of hydrogen-bond acceptors (Lipinski definition) is 5. The van der Waals surface area contributed by atoms with Crippen LogP contribution in [0.4, 0.5) is 23.7 Å². The number of carbonyl (C=O) groups excluding carboxylic acids is 2. The Balaban J connectivity index is 1.94. The molecule has 0 bridgehead atoms. The second-order valence-electron chi connectivity index (χ2n) is 6.61. The third kappa shape index (κ3) is 5.83. The van der Waals surface area contributed by atoms with Crippen LogP contribution in [0.2, 0.25) is 0 Å². The van der Waals surface area contributed by atoms with Gasteiger partial charge in [-0.3, -0.25) is 20.2 Å². The highest BCUT2D eigenvalue weighted by molar-refractivity contribution is 5.95. The molecule has 3 amide bonds. The molecule has 1 saturated carbocycles. The van der Waals surface area contributed by atoms with E-state index in [1.807, 2.05) is 12.2 Å². The Morgan fingerprint density at radius 3 is 2.57 bits per heavy atom. The van der Waals surface area contributed by atoms with Crippen molar-refractivity contribution in [1.82, 2.24) is 10.6 Å². The first-order valence-corrected chi connectivity index (χ1v) is 8.66. The van der Waals surface area contributed by atoms with Gasteiger partial charge in [-0.25, -0.2) is 4.79 Å². The van der Waals surface area contributed by atoms with Crippen LogP contribution in [0, 0.1) is 16.0 Å². The molecule has 11 heteroatoms. The van der Waals surface area contributed by atoms with Gasteiger partial charge in [0, 0.05) is 18.2 Å². The van der Waals surface area contributed by atoms with Crippen molar-refractivity contribution in [2.75, 3.05) is 6.61 Å². The summed E-state index contributed by atoms with van der Waals surface area (Å²) in [4.78, 5) is 33.4. The third-order valence-corrected chi connectivity index (χ3v) is 4.52. The second kappa shape index (κ2) is 8.89. The summed E-state index contributed by atoms with van der Waals surface area (Å²) in [5.41, 5.74) is -2.14. The maximum Gasteiger partial charge on any atom is 0.420 e. The molecule has 2 atom stereocenters. The number of alkyl halides is 3. The van der Waals surface area contributed by atoms with E-state index in [9.17, 15) is 32.9 Å². The predicted molar refractivity (Wildman–Crippen MR) is 91.7 cm³/mol. The molecule has 2 N–H and O–H groups in total. The Bertz CT molecular complexity index is 754. The van der Waals surface area contributed by atoms with Crippen LogP contribution in [-0.4, -0.2) is 29.5 Å². The van der Waals surface area contributed by atoms with E-state index in [1.54, 1.807) is 0 Å². The fourth-order valence-corrected chi connectivity index (χ4v) is 3.02. The minimum Gasteiger partial charge on any atom is -0.483 e. The first-order valence-electron chi connectivity index (χ1n) is 8.66. The molecule has 2 rings (SSSR count). The van der Waals surface area contributed by atoms with Crippen molar-refractivity contribution in [3.05, 3.63) is 33.9 Å². The quantitative estimate of drug-likeness (QED) is 0.578. The molecule has 8 nitrogen and oxygen atoms in total. The SMILES string of the molecule is CC1CCCCC1NC(=O)NC(=O)COc1ccc([N+](=O)[O-])cc1C(F)(F)F. The molecule has 1 aliphatic rings. The number of nitrogens with zero attached hydrogens (tertiary/aromatic N) is 1. The van der Waals surface area contributed by atoms with Crippen LogP contribution < -0.4 is 15.4 Å². The van der Waals surface area contributed by atoms with Crippen LogP contribution in [-0.2, 0) is 11.0 Å². The summed E-state index contributed by atoms with van der Waals surface area (Å²) >= 11 is 0. The van der Waals surface area contributed by atoms with Crippen LogP contribution in [0.25, 0.3) is 0 Å². The number of benzene rings is 1. The molecule has 0 spiro atoms. The molecular weight excluding hydrogens is 383 g/mol. The average Bonchev–Trinajstić information content (AvgIpc) is 2.61. The van der Waals surface area contributed by atoms with Gasteiger partial charge in [0.1, 0.15) is 11.3 Å². The molecule has 0 heterocycles. The number of carbonyl (C=O) groups is 2. The molecule has 0 radical (unpaired) electrons. The summed E-state index contributed by atoms with van der Waals surface area (Å²) in [6, 6.07) is 1.10. The summed E-state index contributed by atoms with van der Waals surface area (Å²) in [5, 5.41) is 15.3. The van der Waals surface area contributed by atoms with E-state index in [2.05, 4.69) is 5.32 Å². The van der Waals surface area contributed by atoms with Gasteiger partial charge in [-0.2, -0.15) is 13.2 Å². The fourth-order valence-electron chi connectivity index (χ4n) is 3.02. The number of non-ortho nitro benzene ring substituents is 1. The van der Waals surface area contributed by atoms with Crippen LogP contribution in [0.15, 0.2) is 18.2 Å². The lowest BCUT2D eigenvalue weighted by atomic mass is 9.86. The highest BCUT2D eigenvalue weighted by Crippen LogP contribution is 2.38. The zero-order valence-corrected chi connectivity index (χ0v) is 15.0. The number of nitrogens with one attached hydrogen (secondary N) is 2. The lowest BCUT2D eigenvalue weighted by molar-refractivity contribution is -0.385. The van der Waals surface area contributed by atoms with E-state index in [-0.39, 0.29) is 12.0 Å². The lowest BCUT2D eigenvalue weighted by Crippen LogP contribution is -2.48. The number of halogens is 3. The van der Waals surface area contributed by atoms with Gasteiger partial charge in [0.2, 0.25) is 0 Å². The normalized spacial score (nSPS) is 19.6. The summed E-state index contributed by atoms with van der Waals surface area (Å²) < 4.78 is 44.0. The summed E-state index contributed by atoms with van der Waals surface area (Å²) in [6.07, 6.45) is -1.12. The molecule has 0 saturated heterocycles. The standard InChI is InChI=1S/C17H20F3N3O5/c1-10-4-2-3-5-13(10)21-16(25)22-15(24)9-28-14-7-6-11(23(26)27)8-12(14)17(18,19)20/h6-8,10,13H,2-5,9H2,1H3,(H2,21,22,24,25). The third-order valence-electron chi connectivity index (χ3n) is 4.52. The number of ether oxygens (including phenoxy) is 1.